The highest BCUT2D eigenvalue weighted by molar-refractivity contribution is 5.13. The van der Waals surface area contributed by atoms with Crippen molar-refractivity contribution in [3.05, 3.63) is 17.5 Å². The fourth-order valence-electron chi connectivity index (χ4n) is 4.04. The topological polar surface area (TPSA) is 44.5 Å². The van der Waals surface area contributed by atoms with Gasteiger partial charge in [0.05, 0.1) is 17.5 Å². The first kappa shape index (κ1) is 16.9. The summed E-state index contributed by atoms with van der Waals surface area (Å²) in [4.78, 5) is 5.24. The molecule has 2 aliphatic heterocycles. The van der Waals surface area contributed by atoms with Crippen LogP contribution in [0.3, 0.4) is 0 Å². The molecule has 1 atom stereocenters. The second-order valence-electron chi connectivity index (χ2n) is 7.88. The molecule has 1 saturated heterocycles. The predicted octanol–water partition coefficient (Wildman–Crippen LogP) is 2.41. The summed E-state index contributed by atoms with van der Waals surface area (Å²) >= 11 is 0. The molecule has 0 spiro atoms. The normalized spacial score (nSPS) is 22.6. The molecule has 23 heavy (non-hydrogen) atoms. The maximum absolute atomic E-state index is 9.77. The fraction of sp³-hybridized carbons (Fsp3) is 0.833. The van der Waals surface area contributed by atoms with Crippen molar-refractivity contribution in [2.75, 3.05) is 26.2 Å². The zero-order chi connectivity index (χ0) is 16.4. The van der Waals surface area contributed by atoms with Crippen LogP contribution < -0.4 is 0 Å². The van der Waals surface area contributed by atoms with Gasteiger partial charge in [-0.15, -0.1) is 0 Å². The second kappa shape index (κ2) is 6.91. The van der Waals surface area contributed by atoms with Crippen LogP contribution >= 0.6 is 0 Å². The molecule has 0 bridgehead atoms. The Hall–Kier alpha value is -0.910. The second-order valence-corrected chi connectivity index (χ2v) is 7.88. The molecule has 1 unspecified atom stereocenters. The van der Waals surface area contributed by atoms with Crippen molar-refractivity contribution < 1.29 is 5.11 Å². The summed E-state index contributed by atoms with van der Waals surface area (Å²) in [5, 5.41) is 14.3. The molecule has 5 nitrogen and oxygen atoms in total. The molecule has 0 amide bonds. The van der Waals surface area contributed by atoms with E-state index in [1.54, 1.807) is 6.92 Å². The van der Waals surface area contributed by atoms with Gasteiger partial charge in [-0.3, -0.25) is 14.5 Å². The van der Waals surface area contributed by atoms with Gasteiger partial charge in [-0.05, 0) is 59.2 Å². The molecule has 3 heterocycles. The van der Waals surface area contributed by atoms with Crippen molar-refractivity contribution in [3.8, 4) is 0 Å². The van der Waals surface area contributed by atoms with Crippen LogP contribution in [0.5, 0.6) is 0 Å². The van der Waals surface area contributed by atoms with Gasteiger partial charge in [0.25, 0.3) is 0 Å². The Bertz CT molecular complexity index is 517. The van der Waals surface area contributed by atoms with Gasteiger partial charge in [0.1, 0.15) is 0 Å². The molecular formula is C18H32N4O. The molecule has 2 aliphatic rings. The van der Waals surface area contributed by atoms with Crippen molar-refractivity contribution in [1.29, 1.82) is 0 Å². The minimum absolute atomic E-state index is 0.225. The van der Waals surface area contributed by atoms with E-state index in [1.165, 1.54) is 38.0 Å². The highest BCUT2D eigenvalue weighted by Gasteiger charge is 2.31. The van der Waals surface area contributed by atoms with Gasteiger partial charge in [0.2, 0.25) is 0 Å². The number of aliphatic hydroxyl groups is 1. The van der Waals surface area contributed by atoms with Crippen molar-refractivity contribution in [2.24, 2.45) is 0 Å². The van der Waals surface area contributed by atoms with Crippen molar-refractivity contribution in [2.45, 2.75) is 71.2 Å². The van der Waals surface area contributed by atoms with Gasteiger partial charge in [-0.1, -0.05) is 6.42 Å². The smallest absolute Gasteiger partial charge is 0.0950 e. The minimum atomic E-state index is -0.479. The van der Waals surface area contributed by atoms with E-state index in [4.69, 9.17) is 0 Å². The molecule has 0 aliphatic carbocycles. The lowest BCUT2D eigenvalue weighted by Crippen LogP contribution is -2.53. The molecule has 0 radical (unpaired) electrons. The number of rotatable bonds is 4. The standard InChI is InChI=1S/C18H32N4O/c1-15(23)17-12-16-13-20(8-7-11-22(16)19-17)14-18(2,3)21-9-5-4-6-10-21/h12,15,23H,4-11,13-14H2,1-3H3. The van der Waals surface area contributed by atoms with Gasteiger partial charge in [-0.2, -0.15) is 5.10 Å². The van der Waals surface area contributed by atoms with E-state index < -0.39 is 6.10 Å². The summed E-state index contributed by atoms with van der Waals surface area (Å²) in [7, 11) is 0. The Morgan fingerprint density at radius 3 is 2.57 bits per heavy atom. The molecule has 5 heteroatoms. The molecule has 1 fully saturated rings. The minimum Gasteiger partial charge on any atom is -0.387 e. The molecule has 1 aromatic rings. The van der Waals surface area contributed by atoms with Crippen LogP contribution in [0.2, 0.25) is 0 Å². The number of fused-ring (bicyclic) bond motifs is 1. The molecule has 3 rings (SSSR count). The Kier molecular flexibility index (Phi) is 5.09. The molecular weight excluding hydrogens is 288 g/mol. The van der Waals surface area contributed by atoms with Crippen LogP contribution in [0, 0.1) is 0 Å². The number of hydrogen-bond acceptors (Lipinski definition) is 4. The molecule has 1 N–H and O–H groups in total. The van der Waals surface area contributed by atoms with Crippen molar-refractivity contribution in [1.82, 2.24) is 19.6 Å². The monoisotopic (exact) mass is 320 g/mol. The third kappa shape index (κ3) is 3.95. The first-order chi connectivity index (χ1) is 11.0. The van der Waals surface area contributed by atoms with Crippen LogP contribution in [0.15, 0.2) is 6.07 Å². The number of aromatic nitrogens is 2. The largest absolute Gasteiger partial charge is 0.387 e. The molecule has 130 valence electrons. The molecule has 1 aromatic heterocycles. The lowest BCUT2D eigenvalue weighted by atomic mass is 9.97. The zero-order valence-corrected chi connectivity index (χ0v) is 15.0. The van der Waals surface area contributed by atoms with Crippen molar-refractivity contribution >= 4 is 0 Å². The third-order valence-corrected chi connectivity index (χ3v) is 5.36. The van der Waals surface area contributed by atoms with Gasteiger partial charge >= 0.3 is 0 Å². The van der Waals surface area contributed by atoms with E-state index in [9.17, 15) is 5.11 Å². The zero-order valence-electron chi connectivity index (χ0n) is 15.0. The lowest BCUT2D eigenvalue weighted by molar-refractivity contribution is 0.0554. The van der Waals surface area contributed by atoms with E-state index in [0.717, 1.165) is 38.3 Å². The third-order valence-electron chi connectivity index (χ3n) is 5.36. The maximum Gasteiger partial charge on any atom is 0.0950 e. The highest BCUT2D eigenvalue weighted by Crippen LogP contribution is 2.24. The summed E-state index contributed by atoms with van der Waals surface area (Å²) in [5.41, 5.74) is 2.27. The number of aryl methyl sites for hydroxylation is 1. The Balaban J connectivity index is 1.67. The number of piperidine rings is 1. The average Bonchev–Trinajstić information content (AvgIpc) is 2.82. The lowest BCUT2D eigenvalue weighted by Gasteiger charge is -2.43. The van der Waals surface area contributed by atoms with E-state index >= 15 is 0 Å². The van der Waals surface area contributed by atoms with E-state index in [1.807, 2.05) is 0 Å². The van der Waals surface area contributed by atoms with E-state index in [2.05, 4.69) is 39.5 Å². The predicted molar refractivity (Wildman–Crippen MR) is 92.3 cm³/mol. The van der Waals surface area contributed by atoms with Crippen LogP contribution in [0.25, 0.3) is 0 Å². The summed E-state index contributed by atoms with van der Waals surface area (Å²) < 4.78 is 2.09. The van der Waals surface area contributed by atoms with Gasteiger partial charge in [-0.25, -0.2) is 0 Å². The van der Waals surface area contributed by atoms with Crippen LogP contribution in [-0.2, 0) is 13.1 Å². The maximum atomic E-state index is 9.77. The molecule has 0 saturated carbocycles. The van der Waals surface area contributed by atoms with E-state index in [0.29, 0.717) is 0 Å². The average molecular weight is 320 g/mol. The summed E-state index contributed by atoms with van der Waals surface area (Å²) in [6.45, 7) is 13.2. The van der Waals surface area contributed by atoms with Crippen LogP contribution in [-0.4, -0.2) is 56.4 Å². The Morgan fingerprint density at radius 2 is 1.87 bits per heavy atom. The number of hydrogen-bond donors (Lipinski definition) is 1. The van der Waals surface area contributed by atoms with Gasteiger partial charge < -0.3 is 5.11 Å². The van der Waals surface area contributed by atoms with Crippen LogP contribution in [0.1, 0.15) is 63.9 Å². The van der Waals surface area contributed by atoms with Gasteiger partial charge in [0, 0.05) is 31.7 Å². The van der Waals surface area contributed by atoms with Gasteiger partial charge in [0.15, 0.2) is 0 Å². The summed E-state index contributed by atoms with van der Waals surface area (Å²) in [5.74, 6) is 0. The number of likely N-dealkylation sites (tertiary alicyclic amines) is 1. The number of nitrogens with zero attached hydrogens (tertiary/aromatic N) is 4. The first-order valence-electron chi connectivity index (χ1n) is 9.18. The summed E-state index contributed by atoms with van der Waals surface area (Å²) in [6.07, 6.45) is 4.72. The quantitative estimate of drug-likeness (QED) is 0.925. The van der Waals surface area contributed by atoms with Crippen LogP contribution in [0.4, 0.5) is 0 Å². The van der Waals surface area contributed by atoms with E-state index in [-0.39, 0.29) is 5.54 Å². The van der Waals surface area contributed by atoms with Crippen molar-refractivity contribution in [3.63, 3.8) is 0 Å². The SMILES string of the molecule is CC(O)c1cc2n(n1)CCCN(CC(C)(C)N1CCCCC1)C2. The summed E-state index contributed by atoms with van der Waals surface area (Å²) in [6, 6.07) is 2.08. The Labute approximate surface area is 140 Å². The molecule has 0 aromatic carbocycles. The number of aliphatic hydroxyl groups excluding tert-OH is 1. The Morgan fingerprint density at radius 1 is 1.13 bits per heavy atom. The highest BCUT2D eigenvalue weighted by atomic mass is 16.3. The fourth-order valence-corrected chi connectivity index (χ4v) is 4.04. The first-order valence-corrected chi connectivity index (χ1v) is 9.18.